The van der Waals surface area contributed by atoms with Crippen molar-refractivity contribution < 1.29 is 23.9 Å². The lowest BCUT2D eigenvalue weighted by molar-refractivity contribution is -0.140. The number of carbonyl (C=O) groups excluding carboxylic acids is 4. The lowest BCUT2D eigenvalue weighted by Crippen LogP contribution is -2.54. The van der Waals surface area contributed by atoms with Crippen LogP contribution in [0.5, 0.6) is 0 Å². The van der Waals surface area contributed by atoms with Crippen LogP contribution in [0.25, 0.3) is 0 Å². The summed E-state index contributed by atoms with van der Waals surface area (Å²) < 4.78 is 4.62. The van der Waals surface area contributed by atoms with E-state index in [1.165, 1.54) is 42.2 Å². The predicted molar refractivity (Wildman–Crippen MR) is 140 cm³/mol. The maximum Gasteiger partial charge on any atom is 0.332 e. The second-order valence-corrected chi connectivity index (χ2v) is 9.99. The summed E-state index contributed by atoms with van der Waals surface area (Å²) in [4.78, 5) is 56.0. The van der Waals surface area contributed by atoms with Gasteiger partial charge in [0.05, 0.1) is 31.0 Å². The van der Waals surface area contributed by atoms with E-state index < -0.39 is 29.4 Å². The summed E-state index contributed by atoms with van der Waals surface area (Å²) in [7, 11) is 2.83. The fourth-order valence-corrected chi connectivity index (χ4v) is 5.52. The summed E-state index contributed by atoms with van der Waals surface area (Å²) in [5, 5.41) is 12.5. The molecule has 0 aliphatic carbocycles. The zero-order valence-corrected chi connectivity index (χ0v) is 22.3. The van der Waals surface area contributed by atoms with Crippen LogP contribution in [0.4, 0.5) is 15.3 Å². The fourth-order valence-electron chi connectivity index (χ4n) is 5.00. The Bertz CT molecular complexity index is 1310. The number of urea groups is 2. The van der Waals surface area contributed by atoms with Crippen LogP contribution in [0, 0.1) is 11.3 Å². The van der Waals surface area contributed by atoms with E-state index in [0.29, 0.717) is 17.5 Å². The van der Waals surface area contributed by atoms with Gasteiger partial charge >= 0.3 is 18.0 Å². The predicted octanol–water partition coefficient (Wildman–Crippen LogP) is 3.76. The molecule has 2 aliphatic rings. The van der Waals surface area contributed by atoms with Gasteiger partial charge in [-0.25, -0.2) is 14.5 Å². The number of rotatable bonds is 6. The van der Waals surface area contributed by atoms with E-state index in [0.717, 1.165) is 4.90 Å². The van der Waals surface area contributed by atoms with Gasteiger partial charge in [-0.1, -0.05) is 35.3 Å². The van der Waals surface area contributed by atoms with E-state index in [-0.39, 0.29) is 47.8 Å². The molecule has 10 nitrogen and oxygen atoms in total. The maximum atomic E-state index is 14.1. The molecule has 2 heterocycles. The van der Waals surface area contributed by atoms with Gasteiger partial charge in [0.25, 0.3) is 5.91 Å². The summed E-state index contributed by atoms with van der Waals surface area (Å²) in [6, 6.07) is 12.2. The van der Waals surface area contributed by atoms with Crippen LogP contribution in [0.3, 0.4) is 0 Å². The molecule has 38 heavy (non-hydrogen) atoms. The Morgan fingerprint density at radius 1 is 1.16 bits per heavy atom. The molecule has 2 unspecified atom stereocenters. The van der Waals surface area contributed by atoms with Crippen LogP contribution in [0.15, 0.2) is 42.5 Å². The highest BCUT2D eigenvalue weighted by Crippen LogP contribution is 2.46. The molecule has 5 amide bonds. The Morgan fingerprint density at radius 3 is 2.42 bits per heavy atom. The first-order valence-electron chi connectivity index (χ1n) is 11.8. The number of ether oxygens (including phenoxy) is 1. The Labute approximate surface area is 229 Å². The van der Waals surface area contributed by atoms with Crippen molar-refractivity contribution in [1.82, 2.24) is 15.1 Å². The van der Waals surface area contributed by atoms with Crippen LogP contribution < -0.4 is 10.2 Å². The molecule has 2 atom stereocenters. The van der Waals surface area contributed by atoms with Crippen molar-refractivity contribution in [1.29, 1.82) is 5.26 Å². The van der Waals surface area contributed by atoms with Crippen molar-refractivity contribution in [3.63, 3.8) is 0 Å². The number of nitrogens with zero attached hydrogens (tertiary/aromatic N) is 4. The quantitative estimate of drug-likeness (QED) is 0.327. The van der Waals surface area contributed by atoms with Crippen molar-refractivity contribution in [2.24, 2.45) is 0 Å². The minimum absolute atomic E-state index is 0.0631. The number of anilines is 1. The number of hydrogen-bond acceptors (Lipinski definition) is 6. The highest BCUT2D eigenvalue weighted by molar-refractivity contribution is 6.35. The number of hydrogen-bond donors (Lipinski definition) is 1. The molecule has 1 N–H and O–H groups in total. The third kappa shape index (κ3) is 4.87. The average molecular weight is 558 g/mol. The van der Waals surface area contributed by atoms with Crippen LogP contribution in [0.1, 0.15) is 29.9 Å². The Kier molecular flexibility index (Phi) is 7.81. The lowest BCUT2D eigenvalue weighted by Gasteiger charge is -2.33. The standard InChI is InChI=1S/C26H25Cl2N5O5/c1-31-25(37)33(20-11-18(27)10-19(28)12-20)23(35)26(31)15-32(24(36)30-9-3-4-22(34)38-2)14-21(26)17-7-5-16(13-29)6-8-17/h5-8,10-12,21H,3-4,9,14-15H2,1-2H3,(H,30,36). The molecule has 2 aromatic carbocycles. The summed E-state index contributed by atoms with van der Waals surface area (Å²) in [6.45, 7) is 0.309. The van der Waals surface area contributed by atoms with E-state index in [1.54, 1.807) is 24.3 Å². The van der Waals surface area contributed by atoms with Gasteiger partial charge in [0.2, 0.25) is 0 Å². The lowest BCUT2D eigenvalue weighted by atomic mass is 9.80. The molecule has 0 aromatic heterocycles. The molecule has 2 saturated heterocycles. The number of halogens is 2. The minimum Gasteiger partial charge on any atom is -0.469 e. The molecule has 2 aromatic rings. The van der Waals surface area contributed by atoms with Crippen molar-refractivity contribution >= 4 is 52.8 Å². The van der Waals surface area contributed by atoms with Crippen molar-refractivity contribution in [3.05, 3.63) is 63.6 Å². The normalized spacial score (nSPS) is 20.7. The Hall–Kier alpha value is -3.81. The number of benzene rings is 2. The number of amides is 5. The van der Waals surface area contributed by atoms with Gasteiger partial charge in [0.15, 0.2) is 0 Å². The summed E-state index contributed by atoms with van der Waals surface area (Å²) >= 11 is 12.3. The monoisotopic (exact) mass is 557 g/mol. The number of imide groups is 1. The van der Waals surface area contributed by atoms with Crippen LogP contribution in [-0.2, 0) is 14.3 Å². The Morgan fingerprint density at radius 2 is 1.82 bits per heavy atom. The number of carbonyl (C=O) groups is 4. The SMILES string of the molecule is COC(=O)CCCNC(=O)N1CC(c2ccc(C#N)cc2)C2(C1)C(=O)N(c1cc(Cl)cc(Cl)c1)C(=O)N2C. The fraction of sp³-hybridized carbons (Fsp3) is 0.346. The zero-order valence-electron chi connectivity index (χ0n) is 20.7. The number of nitriles is 1. The van der Waals surface area contributed by atoms with Gasteiger partial charge in [0.1, 0.15) is 5.54 Å². The molecule has 198 valence electrons. The summed E-state index contributed by atoms with van der Waals surface area (Å²) in [5.41, 5.74) is -0.0449. The van der Waals surface area contributed by atoms with Gasteiger partial charge in [0, 0.05) is 42.5 Å². The van der Waals surface area contributed by atoms with Crippen molar-refractivity contribution in [2.45, 2.75) is 24.3 Å². The molecule has 4 rings (SSSR count). The Balaban J connectivity index is 1.68. The first-order valence-corrected chi connectivity index (χ1v) is 12.6. The van der Waals surface area contributed by atoms with E-state index in [2.05, 4.69) is 16.1 Å². The average Bonchev–Trinajstić information content (AvgIpc) is 3.39. The topological polar surface area (TPSA) is 123 Å². The third-order valence-corrected chi connectivity index (χ3v) is 7.39. The molecule has 12 heteroatoms. The molecule has 1 spiro atoms. The van der Waals surface area contributed by atoms with Gasteiger partial charge in [-0.05, 0) is 42.3 Å². The molecular formula is C26H25Cl2N5O5. The number of likely N-dealkylation sites (N-methyl/N-ethyl adjacent to an activating group) is 1. The van der Waals surface area contributed by atoms with Gasteiger partial charge in [-0.15, -0.1) is 0 Å². The van der Waals surface area contributed by atoms with Crippen LogP contribution in [0.2, 0.25) is 10.0 Å². The van der Waals surface area contributed by atoms with E-state index in [1.807, 2.05) is 0 Å². The van der Waals surface area contributed by atoms with E-state index >= 15 is 0 Å². The number of likely N-dealkylation sites (tertiary alicyclic amines) is 1. The molecular weight excluding hydrogens is 533 g/mol. The highest BCUT2D eigenvalue weighted by atomic mass is 35.5. The molecule has 0 saturated carbocycles. The van der Waals surface area contributed by atoms with Crippen molar-refractivity contribution in [2.75, 3.05) is 38.7 Å². The summed E-state index contributed by atoms with van der Waals surface area (Å²) in [6.07, 6.45) is 0.540. The maximum absolute atomic E-state index is 14.1. The third-order valence-electron chi connectivity index (χ3n) is 6.96. The first-order chi connectivity index (χ1) is 18.1. The van der Waals surface area contributed by atoms with Crippen molar-refractivity contribution in [3.8, 4) is 6.07 Å². The molecule has 0 radical (unpaired) electrons. The highest BCUT2D eigenvalue weighted by Gasteiger charge is 2.65. The number of nitrogens with one attached hydrogen (secondary N) is 1. The van der Waals surface area contributed by atoms with Gasteiger partial charge in [-0.3, -0.25) is 9.59 Å². The molecule has 2 fully saturated rings. The number of esters is 1. The zero-order chi connectivity index (χ0) is 27.6. The summed E-state index contributed by atoms with van der Waals surface area (Å²) in [5.74, 6) is -1.48. The van der Waals surface area contributed by atoms with Gasteiger partial charge in [-0.2, -0.15) is 5.26 Å². The van der Waals surface area contributed by atoms with E-state index in [9.17, 15) is 24.4 Å². The largest absolute Gasteiger partial charge is 0.469 e. The van der Waals surface area contributed by atoms with Crippen LogP contribution >= 0.6 is 23.2 Å². The molecule has 0 bridgehead atoms. The first kappa shape index (κ1) is 27.2. The molecule has 2 aliphatic heterocycles. The second-order valence-electron chi connectivity index (χ2n) is 9.11. The number of methoxy groups -OCH3 is 1. The van der Waals surface area contributed by atoms with Gasteiger partial charge < -0.3 is 19.9 Å². The van der Waals surface area contributed by atoms with E-state index in [4.69, 9.17) is 23.2 Å². The minimum atomic E-state index is -1.41. The second kappa shape index (κ2) is 10.9. The smallest absolute Gasteiger partial charge is 0.332 e. The van der Waals surface area contributed by atoms with Crippen LogP contribution in [-0.4, -0.2) is 73.1 Å².